The highest BCUT2D eigenvalue weighted by Crippen LogP contribution is 2.38. The standard InChI is InChI=1S/C17H20ClN3O4/c1-10-14(16(23)24)15(11-6-4-5-7-12(11)18)21(17(25)19-10)13(22)8-9-20(2)3/h4-7,14-15H,8-9H2,1-3H3,(H,23,24). The summed E-state index contributed by atoms with van der Waals surface area (Å²) in [6.07, 6.45) is 0.0700. The van der Waals surface area contributed by atoms with Crippen LogP contribution in [0, 0.1) is 5.92 Å². The molecule has 0 saturated heterocycles. The molecule has 0 fully saturated rings. The Hall–Kier alpha value is -2.25. The normalized spacial score (nSPS) is 20.6. The molecule has 2 unspecified atom stereocenters. The van der Waals surface area contributed by atoms with Gasteiger partial charge in [-0.1, -0.05) is 29.8 Å². The predicted molar refractivity (Wildman–Crippen MR) is 93.8 cm³/mol. The van der Waals surface area contributed by atoms with Crippen LogP contribution in [0.2, 0.25) is 5.02 Å². The number of halogens is 1. The van der Waals surface area contributed by atoms with Crippen LogP contribution in [0.1, 0.15) is 24.9 Å². The van der Waals surface area contributed by atoms with Crippen molar-refractivity contribution < 1.29 is 19.5 Å². The molecule has 1 N–H and O–H groups in total. The third-order valence-corrected chi connectivity index (χ3v) is 4.40. The summed E-state index contributed by atoms with van der Waals surface area (Å²) in [5.41, 5.74) is 0.566. The first-order valence-corrected chi connectivity index (χ1v) is 8.15. The molecular formula is C17H20ClN3O4. The number of amides is 3. The van der Waals surface area contributed by atoms with Gasteiger partial charge in [-0.05, 0) is 32.6 Å². The molecule has 0 bridgehead atoms. The molecule has 3 amide bonds. The monoisotopic (exact) mass is 365 g/mol. The number of hydrogen-bond donors (Lipinski definition) is 1. The number of carboxylic acids is 1. The van der Waals surface area contributed by atoms with Gasteiger partial charge in [-0.15, -0.1) is 0 Å². The van der Waals surface area contributed by atoms with E-state index in [2.05, 4.69) is 4.99 Å². The Kier molecular flexibility index (Phi) is 5.92. The van der Waals surface area contributed by atoms with Crippen LogP contribution in [-0.2, 0) is 9.59 Å². The lowest BCUT2D eigenvalue weighted by atomic mass is 9.86. The first kappa shape index (κ1) is 19.1. The van der Waals surface area contributed by atoms with Crippen molar-refractivity contribution in [1.82, 2.24) is 9.80 Å². The Bertz CT molecular complexity index is 732. The number of nitrogens with zero attached hydrogens (tertiary/aromatic N) is 3. The van der Waals surface area contributed by atoms with Gasteiger partial charge in [0.25, 0.3) is 0 Å². The van der Waals surface area contributed by atoms with E-state index in [0.29, 0.717) is 17.1 Å². The van der Waals surface area contributed by atoms with Gasteiger partial charge in [-0.2, -0.15) is 0 Å². The molecule has 134 valence electrons. The van der Waals surface area contributed by atoms with Gasteiger partial charge in [0.1, 0.15) is 5.92 Å². The minimum atomic E-state index is -1.16. The number of rotatable bonds is 5. The molecule has 1 aliphatic heterocycles. The summed E-state index contributed by atoms with van der Waals surface area (Å²) in [5, 5.41) is 9.95. The van der Waals surface area contributed by atoms with E-state index in [9.17, 15) is 19.5 Å². The van der Waals surface area contributed by atoms with Gasteiger partial charge in [0, 0.05) is 23.7 Å². The molecule has 25 heavy (non-hydrogen) atoms. The van der Waals surface area contributed by atoms with Crippen molar-refractivity contribution in [1.29, 1.82) is 0 Å². The number of imide groups is 1. The van der Waals surface area contributed by atoms with Gasteiger partial charge < -0.3 is 10.0 Å². The second-order valence-electron chi connectivity index (χ2n) is 6.14. The minimum absolute atomic E-state index is 0.0700. The van der Waals surface area contributed by atoms with Crippen molar-refractivity contribution in [3.8, 4) is 0 Å². The number of carboxylic acid groups (broad SMARTS) is 1. The van der Waals surface area contributed by atoms with Crippen molar-refractivity contribution in [3.63, 3.8) is 0 Å². The highest BCUT2D eigenvalue weighted by Gasteiger charge is 2.45. The molecule has 1 heterocycles. The smallest absolute Gasteiger partial charge is 0.350 e. The molecule has 0 radical (unpaired) electrons. The van der Waals surface area contributed by atoms with E-state index >= 15 is 0 Å². The van der Waals surface area contributed by atoms with Crippen LogP contribution in [0.3, 0.4) is 0 Å². The summed E-state index contributed by atoms with van der Waals surface area (Å²) >= 11 is 6.23. The Balaban J connectivity index is 2.53. The molecular weight excluding hydrogens is 346 g/mol. The minimum Gasteiger partial charge on any atom is -0.481 e. The Morgan fingerprint density at radius 3 is 2.52 bits per heavy atom. The lowest BCUT2D eigenvalue weighted by Crippen LogP contribution is -2.49. The van der Waals surface area contributed by atoms with Crippen molar-refractivity contribution in [2.45, 2.75) is 19.4 Å². The number of aliphatic imine (C=N–C) groups is 1. The van der Waals surface area contributed by atoms with Crippen LogP contribution in [0.25, 0.3) is 0 Å². The summed E-state index contributed by atoms with van der Waals surface area (Å²) < 4.78 is 0. The van der Waals surface area contributed by atoms with E-state index in [1.165, 1.54) is 6.92 Å². The Labute approximate surface area is 150 Å². The Morgan fingerprint density at radius 2 is 1.96 bits per heavy atom. The van der Waals surface area contributed by atoms with Crippen LogP contribution >= 0.6 is 11.6 Å². The second-order valence-corrected chi connectivity index (χ2v) is 6.54. The first-order valence-electron chi connectivity index (χ1n) is 7.77. The van der Waals surface area contributed by atoms with Gasteiger partial charge in [0.15, 0.2) is 0 Å². The highest BCUT2D eigenvalue weighted by atomic mass is 35.5. The fourth-order valence-electron chi connectivity index (χ4n) is 2.82. The molecule has 7 nitrogen and oxygen atoms in total. The van der Waals surface area contributed by atoms with E-state index in [0.717, 1.165) is 4.90 Å². The predicted octanol–water partition coefficient (Wildman–Crippen LogP) is 2.46. The maximum absolute atomic E-state index is 12.7. The quantitative estimate of drug-likeness (QED) is 0.865. The number of carbonyl (C=O) groups is 3. The fourth-order valence-corrected chi connectivity index (χ4v) is 3.07. The van der Waals surface area contributed by atoms with Crippen LogP contribution in [0.15, 0.2) is 29.3 Å². The summed E-state index contributed by atoms with van der Waals surface area (Å²) in [6.45, 7) is 1.90. The van der Waals surface area contributed by atoms with Crippen LogP contribution in [-0.4, -0.2) is 59.2 Å². The Morgan fingerprint density at radius 1 is 1.32 bits per heavy atom. The number of urea groups is 1. The van der Waals surface area contributed by atoms with Crippen molar-refractivity contribution in [3.05, 3.63) is 34.9 Å². The number of carbonyl (C=O) groups excluding carboxylic acids is 2. The number of benzene rings is 1. The first-order chi connectivity index (χ1) is 11.7. The lowest BCUT2D eigenvalue weighted by molar-refractivity contribution is -0.142. The van der Waals surface area contributed by atoms with E-state index in [4.69, 9.17) is 11.6 Å². The van der Waals surface area contributed by atoms with Crippen molar-refractivity contribution >= 4 is 35.2 Å². The lowest BCUT2D eigenvalue weighted by Gasteiger charge is -2.37. The summed E-state index contributed by atoms with van der Waals surface area (Å²) in [6, 6.07) is 4.83. The molecule has 0 spiro atoms. The third-order valence-electron chi connectivity index (χ3n) is 4.05. The average Bonchev–Trinajstić information content (AvgIpc) is 2.52. The third kappa shape index (κ3) is 4.05. The van der Waals surface area contributed by atoms with Crippen LogP contribution < -0.4 is 0 Å². The van der Waals surface area contributed by atoms with Crippen LogP contribution in [0.4, 0.5) is 4.79 Å². The molecule has 1 aliphatic rings. The molecule has 2 atom stereocenters. The molecule has 0 saturated carbocycles. The zero-order valence-corrected chi connectivity index (χ0v) is 15.0. The van der Waals surface area contributed by atoms with Gasteiger partial charge in [-0.25, -0.2) is 9.79 Å². The van der Waals surface area contributed by atoms with E-state index in [1.54, 1.807) is 43.3 Å². The van der Waals surface area contributed by atoms with E-state index in [-0.39, 0.29) is 12.1 Å². The van der Waals surface area contributed by atoms with Gasteiger partial charge in [0.2, 0.25) is 5.91 Å². The zero-order valence-electron chi connectivity index (χ0n) is 14.3. The summed E-state index contributed by atoms with van der Waals surface area (Å²) in [4.78, 5) is 43.4. The number of hydrogen-bond acceptors (Lipinski definition) is 4. The molecule has 1 aromatic rings. The van der Waals surface area contributed by atoms with Gasteiger partial charge in [-0.3, -0.25) is 14.5 Å². The zero-order chi connectivity index (χ0) is 18.7. The molecule has 2 rings (SSSR count). The van der Waals surface area contributed by atoms with Gasteiger partial charge in [0.05, 0.1) is 6.04 Å². The molecule has 0 aromatic heterocycles. The molecule has 0 aliphatic carbocycles. The summed E-state index contributed by atoms with van der Waals surface area (Å²) in [7, 11) is 3.61. The van der Waals surface area contributed by atoms with Crippen LogP contribution in [0.5, 0.6) is 0 Å². The molecule has 8 heteroatoms. The van der Waals surface area contributed by atoms with E-state index in [1.807, 2.05) is 0 Å². The SMILES string of the molecule is CC1=NC(=O)N(C(=O)CCN(C)C)C(c2ccccc2Cl)C1C(=O)O. The number of aliphatic carboxylic acids is 1. The maximum atomic E-state index is 12.7. The topological polar surface area (TPSA) is 90.3 Å². The maximum Gasteiger partial charge on any atom is 0.350 e. The fraction of sp³-hybridized carbons (Fsp3) is 0.412. The largest absolute Gasteiger partial charge is 0.481 e. The summed E-state index contributed by atoms with van der Waals surface area (Å²) in [5.74, 6) is -2.78. The highest BCUT2D eigenvalue weighted by molar-refractivity contribution is 6.31. The average molecular weight is 366 g/mol. The van der Waals surface area contributed by atoms with Gasteiger partial charge >= 0.3 is 12.0 Å². The second kappa shape index (κ2) is 7.76. The van der Waals surface area contributed by atoms with Crippen molar-refractivity contribution in [2.75, 3.05) is 20.6 Å². The van der Waals surface area contributed by atoms with E-state index < -0.39 is 29.9 Å². The molecule has 1 aromatic carbocycles. The van der Waals surface area contributed by atoms with Crippen molar-refractivity contribution in [2.24, 2.45) is 10.9 Å².